The van der Waals surface area contributed by atoms with E-state index in [-0.39, 0.29) is 18.9 Å². The van der Waals surface area contributed by atoms with Gasteiger partial charge in [0.1, 0.15) is 17.4 Å². The molecule has 1 aliphatic rings. The minimum atomic E-state index is -4.45. The molecule has 156 valence electrons. The molecule has 3 aromatic rings. The van der Waals surface area contributed by atoms with Crippen LogP contribution in [0.1, 0.15) is 5.56 Å². The van der Waals surface area contributed by atoms with E-state index in [2.05, 4.69) is 20.5 Å². The van der Waals surface area contributed by atoms with Gasteiger partial charge in [-0.15, -0.1) is 10.2 Å². The second-order valence-corrected chi connectivity index (χ2v) is 6.83. The Morgan fingerprint density at radius 2 is 1.87 bits per heavy atom. The van der Waals surface area contributed by atoms with Crippen molar-refractivity contribution in [2.45, 2.75) is 18.4 Å². The standard InChI is InChI=1S/C19H15F4N5O2/c20-13-8-28(18(29)30)9-14(13)25-17-16-12(2-1-7-24-16)15(26-27-17)10-3-5-11(6-4-10)19(21,22)23/h1-7,13-14H,8-9H2,(H,25,27)(H,29,30)/t13-,14+/m0/s1. The van der Waals surface area contributed by atoms with Crippen LogP contribution in [0.5, 0.6) is 0 Å². The maximum absolute atomic E-state index is 14.2. The second kappa shape index (κ2) is 7.39. The highest BCUT2D eigenvalue weighted by atomic mass is 19.4. The molecule has 0 bridgehead atoms. The second-order valence-electron chi connectivity index (χ2n) is 6.83. The van der Waals surface area contributed by atoms with E-state index in [9.17, 15) is 22.4 Å². The van der Waals surface area contributed by atoms with Crippen molar-refractivity contribution in [1.29, 1.82) is 0 Å². The fourth-order valence-electron chi connectivity index (χ4n) is 3.35. The lowest BCUT2D eigenvalue weighted by Gasteiger charge is -2.16. The van der Waals surface area contributed by atoms with Crippen molar-refractivity contribution < 1.29 is 27.5 Å². The Balaban J connectivity index is 1.68. The van der Waals surface area contributed by atoms with Crippen molar-refractivity contribution >= 4 is 22.8 Å². The minimum Gasteiger partial charge on any atom is -0.465 e. The van der Waals surface area contributed by atoms with Gasteiger partial charge in [-0.3, -0.25) is 4.98 Å². The molecule has 0 saturated carbocycles. The summed E-state index contributed by atoms with van der Waals surface area (Å²) in [5.74, 6) is 0.168. The molecular weight excluding hydrogens is 406 g/mol. The van der Waals surface area contributed by atoms with E-state index >= 15 is 0 Å². The number of rotatable bonds is 3. The lowest BCUT2D eigenvalue weighted by Crippen LogP contribution is -2.31. The number of halogens is 4. The minimum absolute atomic E-state index is 0.0623. The molecule has 4 rings (SSSR count). The molecule has 1 aromatic carbocycles. The van der Waals surface area contributed by atoms with Crippen LogP contribution in [0.2, 0.25) is 0 Å². The van der Waals surface area contributed by atoms with Crippen LogP contribution in [0.15, 0.2) is 42.6 Å². The smallest absolute Gasteiger partial charge is 0.416 e. The number of anilines is 1. The highest BCUT2D eigenvalue weighted by Gasteiger charge is 2.36. The first-order chi connectivity index (χ1) is 14.2. The number of hydrogen-bond acceptors (Lipinski definition) is 5. The summed E-state index contributed by atoms with van der Waals surface area (Å²) in [5.41, 5.74) is 0.315. The largest absolute Gasteiger partial charge is 0.465 e. The van der Waals surface area contributed by atoms with Crippen molar-refractivity contribution in [2.75, 3.05) is 18.4 Å². The quantitative estimate of drug-likeness (QED) is 0.625. The summed E-state index contributed by atoms with van der Waals surface area (Å²) < 4.78 is 52.7. The topological polar surface area (TPSA) is 91.2 Å². The number of carboxylic acid groups (broad SMARTS) is 1. The molecule has 1 fully saturated rings. The highest BCUT2D eigenvalue weighted by molar-refractivity contribution is 5.97. The Hall–Kier alpha value is -3.50. The number of nitrogens with one attached hydrogen (secondary N) is 1. The van der Waals surface area contributed by atoms with Crippen molar-refractivity contribution in [3.8, 4) is 11.3 Å². The zero-order valence-electron chi connectivity index (χ0n) is 15.3. The van der Waals surface area contributed by atoms with Gasteiger partial charge < -0.3 is 15.3 Å². The summed E-state index contributed by atoms with van der Waals surface area (Å²) in [6.45, 7) is -0.317. The molecule has 2 aromatic heterocycles. The van der Waals surface area contributed by atoms with Crippen LogP contribution in [-0.2, 0) is 6.18 Å². The number of carbonyl (C=O) groups is 1. The van der Waals surface area contributed by atoms with Crippen molar-refractivity contribution in [2.24, 2.45) is 0 Å². The van der Waals surface area contributed by atoms with Gasteiger partial charge in [0.25, 0.3) is 0 Å². The number of hydrogen-bond donors (Lipinski definition) is 2. The van der Waals surface area contributed by atoms with Crippen LogP contribution in [0.25, 0.3) is 22.2 Å². The van der Waals surface area contributed by atoms with Crippen LogP contribution in [0.4, 0.5) is 28.2 Å². The van der Waals surface area contributed by atoms with Crippen LogP contribution in [-0.4, -0.2) is 56.6 Å². The molecule has 0 radical (unpaired) electrons. The molecule has 11 heteroatoms. The Labute approximate surface area is 167 Å². The molecule has 2 N–H and O–H groups in total. The van der Waals surface area contributed by atoms with Crippen molar-refractivity contribution in [1.82, 2.24) is 20.1 Å². The molecule has 1 amide bonds. The van der Waals surface area contributed by atoms with E-state index in [0.29, 0.717) is 22.2 Å². The van der Waals surface area contributed by atoms with Crippen LogP contribution in [0.3, 0.4) is 0 Å². The number of benzene rings is 1. The fraction of sp³-hybridized carbons (Fsp3) is 0.263. The summed E-state index contributed by atoms with van der Waals surface area (Å²) >= 11 is 0. The lowest BCUT2D eigenvalue weighted by molar-refractivity contribution is -0.137. The Kier molecular flexibility index (Phi) is 4.88. The predicted octanol–water partition coefficient (Wildman–Crippen LogP) is 3.82. The SMILES string of the molecule is O=C(O)N1C[C@H](F)[C@H](Nc2nnc(-c3ccc(C(F)(F)F)cc3)c3cccnc23)C1. The van der Waals surface area contributed by atoms with E-state index in [4.69, 9.17) is 5.11 Å². The van der Waals surface area contributed by atoms with E-state index in [1.54, 1.807) is 12.1 Å². The van der Waals surface area contributed by atoms with Crippen LogP contribution in [0, 0.1) is 0 Å². The summed E-state index contributed by atoms with van der Waals surface area (Å²) in [5, 5.41) is 20.6. The summed E-state index contributed by atoms with van der Waals surface area (Å²) in [6.07, 6.45) is -5.60. The van der Waals surface area contributed by atoms with Gasteiger partial charge in [-0.1, -0.05) is 12.1 Å². The third-order valence-corrected chi connectivity index (χ3v) is 4.86. The van der Waals surface area contributed by atoms with Gasteiger partial charge in [0.2, 0.25) is 0 Å². The molecule has 0 unspecified atom stereocenters. The number of aromatic nitrogens is 3. The molecule has 30 heavy (non-hydrogen) atoms. The molecular formula is C19H15F4N5O2. The Morgan fingerprint density at radius 1 is 1.13 bits per heavy atom. The van der Waals surface area contributed by atoms with Gasteiger partial charge in [-0.2, -0.15) is 13.2 Å². The average Bonchev–Trinajstić information content (AvgIpc) is 3.08. The molecule has 3 heterocycles. The third kappa shape index (κ3) is 3.70. The first kappa shape index (κ1) is 19.8. The molecule has 2 atom stereocenters. The number of likely N-dealkylation sites (tertiary alicyclic amines) is 1. The maximum Gasteiger partial charge on any atom is 0.416 e. The Bertz CT molecular complexity index is 1090. The van der Waals surface area contributed by atoms with E-state index in [0.717, 1.165) is 17.0 Å². The number of amides is 1. The van der Waals surface area contributed by atoms with Crippen molar-refractivity contribution in [3.05, 3.63) is 48.2 Å². The molecule has 1 aliphatic heterocycles. The monoisotopic (exact) mass is 421 g/mol. The normalized spacial score (nSPS) is 19.3. The van der Waals surface area contributed by atoms with E-state index in [1.807, 2.05) is 0 Å². The van der Waals surface area contributed by atoms with E-state index in [1.165, 1.54) is 18.3 Å². The van der Waals surface area contributed by atoms with Crippen LogP contribution >= 0.6 is 0 Å². The van der Waals surface area contributed by atoms with Gasteiger partial charge in [0, 0.05) is 23.7 Å². The van der Waals surface area contributed by atoms with Gasteiger partial charge >= 0.3 is 12.3 Å². The highest BCUT2D eigenvalue weighted by Crippen LogP contribution is 2.33. The predicted molar refractivity (Wildman–Crippen MR) is 99.7 cm³/mol. The number of fused-ring (bicyclic) bond motifs is 1. The molecule has 0 spiro atoms. The number of pyridine rings is 1. The molecule has 1 saturated heterocycles. The molecule has 7 nitrogen and oxygen atoms in total. The summed E-state index contributed by atoms with van der Waals surface area (Å²) in [7, 11) is 0. The zero-order valence-corrected chi connectivity index (χ0v) is 15.3. The first-order valence-electron chi connectivity index (χ1n) is 8.91. The maximum atomic E-state index is 14.2. The average molecular weight is 421 g/mol. The van der Waals surface area contributed by atoms with Crippen LogP contribution < -0.4 is 5.32 Å². The zero-order chi connectivity index (χ0) is 21.5. The van der Waals surface area contributed by atoms with Crippen molar-refractivity contribution in [3.63, 3.8) is 0 Å². The third-order valence-electron chi connectivity index (χ3n) is 4.86. The van der Waals surface area contributed by atoms with Gasteiger partial charge in [0.05, 0.1) is 18.2 Å². The lowest BCUT2D eigenvalue weighted by atomic mass is 10.0. The van der Waals surface area contributed by atoms with Gasteiger partial charge in [0.15, 0.2) is 5.82 Å². The van der Waals surface area contributed by atoms with Gasteiger partial charge in [-0.05, 0) is 24.3 Å². The van der Waals surface area contributed by atoms with E-state index < -0.39 is 30.0 Å². The fourth-order valence-corrected chi connectivity index (χ4v) is 3.35. The number of alkyl halides is 4. The number of nitrogens with zero attached hydrogens (tertiary/aromatic N) is 4. The Morgan fingerprint density at radius 3 is 2.50 bits per heavy atom. The van der Waals surface area contributed by atoms with Gasteiger partial charge in [-0.25, -0.2) is 9.18 Å². The first-order valence-corrected chi connectivity index (χ1v) is 8.91. The summed E-state index contributed by atoms with van der Waals surface area (Å²) in [6, 6.07) is 7.01. The molecule has 0 aliphatic carbocycles. The summed E-state index contributed by atoms with van der Waals surface area (Å²) in [4.78, 5) is 16.3.